The maximum Gasteiger partial charge on any atom is 0.162 e. The third kappa shape index (κ3) is 4.41. The van der Waals surface area contributed by atoms with Gasteiger partial charge in [-0.3, -0.25) is 4.79 Å². The minimum absolute atomic E-state index is 0.197. The molecule has 0 aliphatic rings. The summed E-state index contributed by atoms with van der Waals surface area (Å²) < 4.78 is 0. The quantitative estimate of drug-likeness (QED) is 0.316. The van der Waals surface area contributed by atoms with Gasteiger partial charge in [0.2, 0.25) is 0 Å². The maximum atomic E-state index is 11.1. The van der Waals surface area contributed by atoms with E-state index in [1.165, 1.54) is 17.7 Å². The highest BCUT2D eigenvalue weighted by Crippen LogP contribution is 2.29. The first kappa shape index (κ1) is 16.2. The number of carbonyl (C=O) groups is 1. The van der Waals surface area contributed by atoms with E-state index in [1.54, 1.807) is 24.3 Å². The first-order valence-corrected chi connectivity index (χ1v) is 7.78. The van der Waals surface area contributed by atoms with Gasteiger partial charge in [0.1, 0.15) is 5.75 Å². The highest BCUT2D eigenvalue weighted by molar-refractivity contribution is 7.14. The van der Waals surface area contributed by atoms with Crippen LogP contribution in [0.4, 0.5) is 11.4 Å². The van der Waals surface area contributed by atoms with E-state index >= 15 is 0 Å². The van der Waals surface area contributed by atoms with Crippen molar-refractivity contribution in [3.8, 4) is 5.75 Å². The van der Waals surface area contributed by atoms with Crippen LogP contribution in [0.5, 0.6) is 5.75 Å². The molecule has 1 heterocycles. The largest absolute Gasteiger partial charge is 0.508 e. The van der Waals surface area contributed by atoms with E-state index in [0.717, 1.165) is 16.9 Å². The number of benzene rings is 1. The van der Waals surface area contributed by atoms with Crippen molar-refractivity contribution in [3.63, 3.8) is 0 Å². The van der Waals surface area contributed by atoms with E-state index in [0.29, 0.717) is 23.4 Å². The molecule has 0 aliphatic carbocycles. The Balaban J connectivity index is 2.06. The first-order chi connectivity index (χ1) is 10.6. The minimum Gasteiger partial charge on any atom is -0.508 e. The molecule has 1 unspecified atom stereocenters. The summed E-state index contributed by atoms with van der Waals surface area (Å²) in [6, 6.07) is 8.41. The van der Waals surface area contributed by atoms with Crippen LogP contribution in [-0.4, -0.2) is 28.9 Å². The number of aliphatic imine (C=N–C) groups is 1. The lowest BCUT2D eigenvalue weighted by molar-refractivity contribution is 0.112. The number of nitrogens with zero attached hydrogens (tertiary/aromatic N) is 1. The van der Waals surface area contributed by atoms with Crippen LogP contribution in [0.3, 0.4) is 0 Å². The van der Waals surface area contributed by atoms with Crippen LogP contribution < -0.4 is 5.32 Å². The second-order valence-corrected chi connectivity index (χ2v) is 5.96. The molecule has 6 heteroatoms. The Morgan fingerprint density at radius 2 is 2.09 bits per heavy atom. The molecule has 0 bridgehead atoms. The molecular weight excluding hydrogens is 300 g/mol. The third-order valence-electron chi connectivity index (χ3n) is 3.11. The van der Waals surface area contributed by atoms with Crippen LogP contribution in [-0.2, 0) is 6.42 Å². The summed E-state index contributed by atoms with van der Waals surface area (Å²) in [5, 5.41) is 21.9. The number of aldehydes is 1. The van der Waals surface area contributed by atoms with E-state index in [2.05, 4.69) is 10.3 Å². The van der Waals surface area contributed by atoms with Crippen molar-refractivity contribution in [1.29, 1.82) is 0 Å². The molecule has 5 nitrogen and oxygen atoms in total. The summed E-state index contributed by atoms with van der Waals surface area (Å²) in [6.07, 6.45) is 3.09. The number of phenols is 1. The number of aliphatic hydroxyl groups excluding tert-OH is 1. The molecule has 2 rings (SSSR count). The van der Waals surface area contributed by atoms with Crippen LogP contribution in [0.2, 0.25) is 0 Å². The van der Waals surface area contributed by atoms with Gasteiger partial charge in [-0.2, -0.15) is 0 Å². The SMILES string of the molecule is CCC(O)Cc1cc(/N=C\Nc2ccc(O)cc2)c(C=O)s1. The van der Waals surface area contributed by atoms with Gasteiger partial charge in [0.05, 0.1) is 23.0 Å². The number of anilines is 1. The molecule has 22 heavy (non-hydrogen) atoms. The Bertz CT molecular complexity index is 650. The van der Waals surface area contributed by atoms with Crippen LogP contribution in [0.1, 0.15) is 27.9 Å². The van der Waals surface area contributed by atoms with Crippen molar-refractivity contribution >= 4 is 35.3 Å². The van der Waals surface area contributed by atoms with Gasteiger partial charge in [-0.1, -0.05) is 6.92 Å². The molecule has 2 aromatic rings. The number of rotatable bonds is 7. The molecule has 0 aliphatic heterocycles. The molecule has 0 radical (unpaired) electrons. The fraction of sp³-hybridized carbons (Fsp3) is 0.250. The molecular formula is C16H18N2O3S. The Morgan fingerprint density at radius 3 is 2.73 bits per heavy atom. The molecule has 1 atom stereocenters. The van der Waals surface area contributed by atoms with Crippen molar-refractivity contribution < 1.29 is 15.0 Å². The number of aromatic hydroxyl groups is 1. The molecule has 0 spiro atoms. The number of aliphatic hydroxyl groups is 1. The van der Waals surface area contributed by atoms with Crippen molar-refractivity contribution in [1.82, 2.24) is 0 Å². The number of nitrogens with one attached hydrogen (secondary N) is 1. The predicted molar refractivity (Wildman–Crippen MR) is 89.6 cm³/mol. The normalized spacial score (nSPS) is 12.5. The van der Waals surface area contributed by atoms with E-state index in [9.17, 15) is 15.0 Å². The topological polar surface area (TPSA) is 81.9 Å². The fourth-order valence-electron chi connectivity index (χ4n) is 1.84. The second kappa shape index (κ2) is 7.72. The zero-order chi connectivity index (χ0) is 15.9. The molecule has 0 saturated heterocycles. The maximum absolute atomic E-state index is 11.1. The van der Waals surface area contributed by atoms with E-state index in [1.807, 2.05) is 13.0 Å². The van der Waals surface area contributed by atoms with Crippen molar-refractivity contribution in [3.05, 3.63) is 40.1 Å². The van der Waals surface area contributed by atoms with Crippen LogP contribution >= 0.6 is 11.3 Å². The number of phenolic OH excluding ortho intramolecular Hbond substituents is 1. The predicted octanol–water partition coefficient (Wildman–Crippen LogP) is 3.35. The highest BCUT2D eigenvalue weighted by atomic mass is 32.1. The molecule has 1 aromatic heterocycles. The highest BCUT2D eigenvalue weighted by Gasteiger charge is 2.10. The monoisotopic (exact) mass is 318 g/mol. The van der Waals surface area contributed by atoms with Crippen molar-refractivity contribution in [2.24, 2.45) is 4.99 Å². The number of carbonyl (C=O) groups excluding carboxylic acids is 1. The van der Waals surface area contributed by atoms with Gasteiger partial charge in [0.15, 0.2) is 6.29 Å². The van der Waals surface area contributed by atoms with Gasteiger partial charge in [-0.05, 0) is 36.8 Å². The average molecular weight is 318 g/mol. The lowest BCUT2D eigenvalue weighted by Crippen LogP contribution is -2.06. The Kier molecular flexibility index (Phi) is 5.68. The molecule has 3 N–H and O–H groups in total. The van der Waals surface area contributed by atoms with Gasteiger partial charge in [0.25, 0.3) is 0 Å². The first-order valence-electron chi connectivity index (χ1n) is 6.96. The zero-order valence-electron chi connectivity index (χ0n) is 12.2. The summed E-state index contributed by atoms with van der Waals surface area (Å²) in [5.74, 6) is 0.197. The Hall–Kier alpha value is -2.18. The van der Waals surface area contributed by atoms with Crippen LogP contribution in [0, 0.1) is 0 Å². The zero-order valence-corrected chi connectivity index (χ0v) is 13.0. The fourth-order valence-corrected chi connectivity index (χ4v) is 2.84. The van der Waals surface area contributed by atoms with Gasteiger partial charge < -0.3 is 15.5 Å². The summed E-state index contributed by atoms with van der Waals surface area (Å²) in [6.45, 7) is 1.92. The van der Waals surface area contributed by atoms with Gasteiger partial charge >= 0.3 is 0 Å². The number of hydrogen-bond donors (Lipinski definition) is 3. The van der Waals surface area contributed by atoms with Crippen molar-refractivity contribution in [2.45, 2.75) is 25.9 Å². The lowest BCUT2D eigenvalue weighted by Gasteiger charge is -2.03. The van der Waals surface area contributed by atoms with Gasteiger partial charge in [-0.15, -0.1) is 11.3 Å². The number of thiophene rings is 1. The van der Waals surface area contributed by atoms with Crippen LogP contribution in [0.25, 0.3) is 0 Å². The van der Waals surface area contributed by atoms with Crippen molar-refractivity contribution in [2.75, 3.05) is 5.32 Å². The molecule has 1 aromatic carbocycles. The summed E-state index contributed by atoms with van der Waals surface area (Å²) in [5.41, 5.74) is 1.37. The molecule has 116 valence electrons. The standard InChI is InChI=1S/C16H18N2O3S/c1-2-12(20)7-14-8-15(16(9-19)22-14)18-10-17-11-3-5-13(21)6-4-11/h3-6,8-10,12,20-21H,2,7H2,1H3,(H,17,18). The Morgan fingerprint density at radius 1 is 1.36 bits per heavy atom. The van der Waals surface area contributed by atoms with Crippen LogP contribution in [0.15, 0.2) is 35.3 Å². The molecule has 0 fully saturated rings. The summed E-state index contributed by atoms with van der Waals surface area (Å²) >= 11 is 1.35. The third-order valence-corrected chi connectivity index (χ3v) is 4.18. The van der Waals surface area contributed by atoms with E-state index < -0.39 is 6.10 Å². The molecule has 0 amide bonds. The second-order valence-electron chi connectivity index (χ2n) is 4.80. The Labute approximate surface area is 133 Å². The molecule has 0 saturated carbocycles. The minimum atomic E-state index is -0.398. The van der Waals surface area contributed by atoms with Gasteiger partial charge in [-0.25, -0.2) is 4.99 Å². The van der Waals surface area contributed by atoms with Gasteiger partial charge in [0, 0.05) is 17.0 Å². The summed E-state index contributed by atoms with van der Waals surface area (Å²) in [4.78, 5) is 16.8. The average Bonchev–Trinajstić information content (AvgIpc) is 2.91. The van der Waals surface area contributed by atoms with E-state index in [-0.39, 0.29) is 5.75 Å². The van der Waals surface area contributed by atoms with E-state index in [4.69, 9.17) is 0 Å². The summed E-state index contributed by atoms with van der Waals surface area (Å²) in [7, 11) is 0. The lowest BCUT2D eigenvalue weighted by atomic mass is 10.2. The number of hydrogen-bond acceptors (Lipinski definition) is 5. The smallest absolute Gasteiger partial charge is 0.162 e.